The summed E-state index contributed by atoms with van der Waals surface area (Å²) >= 11 is 0. The molecule has 4 rings (SSSR count). The Morgan fingerprint density at radius 2 is 1.85 bits per heavy atom. The number of aryl methyl sites for hydroxylation is 2. The van der Waals surface area contributed by atoms with Gasteiger partial charge in [0, 0.05) is 23.5 Å². The van der Waals surface area contributed by atoms with Gasteiger partial charge in [-0.2, -0.15) is 5.10 Å². The van der Waals surface area contributed by atoms with E-state index in [1.807, 2.05) is 17.8 Å². The number of aromatic nitrogens is 3. The van der Waals surface area contributed by atoms with Crippen molar-refractivity contribution in [1.82, 2.24) is 19.7 Å². The van der Waals surface area contributed by atoms with Gasteiger partial charge in [0.05, 0.1) is 17.9 Å². The van der Waals surface area contributed by atoms with Crippen LogP contribution < -0.4 is 0 Å². The van der Waals surface area contributed by atoms with Crippen LogP contribution in [-0.2, 0) is 6.54 Å². The summed E-state index contributed by atoms with van der Waals surface area (Å²) in [5, 5.41) is 4.54. The monoisotopic (exact) mass is 360 g/mol. The summed E-state index contributed by atoms with van der Waals surface area (Å²) in [6.07, 6.45) is 4.62. The van der Waals surface area contributed by atoms with E-state index in [0.29, 0.717) is 6.04 Å². The standard InChI is InChI=1S/C23H28N4/c1-17-13-18(2)27(25-17)16-20-9-10-23(24-15-20)22-8-6-7-21(14-22)19(3)26-11-4-5-12-26/h6-10,13-15,19H,4-5,11-12,16H2,1-3H3/t19-/m1/s1. The van der Waals surface area contributed by atoms with Crippen molar-refractivity contribution in [1.29, 1.82) is 0 Å². The Labute approximate surface area is 161 Å². The third-order valence-corrected chi connectivity index (χ3v) is 5.61. The van der Waals surface area contributed by atoms with E-state index in [1.54, 1.807) is 0 Å². The van der Waals surface area contributed by atoms with Gasteiger partial charge in [-0.25, -0.2) is 0 Å². The molecule has 1 saturated heterocycles. The van der Waals surface area contributed by atoms with Crippen LogP contribution in [0.2, 0.25) is 0 Å². The second-order valence-electron chi connectivity index (χ2n) is 7.68. The summed E-state index contributed by atoms with van der Waals surface area (Å²) in [7, 11) is 0. The van der Waals surface area contributed by atoms with Crippen LogP contribution in [0.15, 0.2) is 48.7 Å². The van der Waals surface area contributed by atoms with Crippen LogP contribution in [0, 0.1) is 13.8 Å². The number of hydrogen-bond donors (Lipinski definition) is 0. The molecule has 1 aromatic carbocycles. The Morgan fingerprint density at radius 3 is 2.52 bits per heavy atom. The van der Waals surface area contributed by atoms with Crippen molar-refractivity contribution < 1.29 is 0 Å². The maximum absolute atomic E-state index is 4.72. The molecule has 3 heterocycles. The van der Waals surface area contributed by atoms with Gasteiger partial charge in [0.2, 0.25) is 0 Å². The van der Waals surface area contributed by atoms with Crippen molar-refractivity contribution >= 4 is 0 Å². The molecule has 4 heteroatoms. The van der Waals surface area contributed by atoms with E-state index < -0.39 is 0 Å². The zero-order chi connectivity index (χ0) is 18.8. The van der Waals surface area contributed by atoms with E-state index in [0.717, 1.165) is 17.9 Å². The molecular weight excluding hydrogens is 332 g/mol. The Morgan fingerprint density at radius 1 is 1.04 bits per heavy atom. The molecule has 0 saturated carbocycles. The first-order valence-electron chi connectivity index (χ1n) is 9.90. The molecule has 1 aliphatic heterocycles. The van der Waals surface area contributed by atoms with Crippen LogP contribution in [0.1, 0.15) is 48.3 Å². The third kappa shape index (κ3) is 3.96. The summed E-state index contributed by atoms with van der Waals surface area (Å²) in [6, 6.07) is 15.7. The fourth-order valence-electron chi connectivity index (χ4n) is 3.99. The highest BCUT2D eigenvalue weighted by atomic mass is 15.3. The zero-order valence-electron chi connectivity index (χ0n) is 16.5. The number of rotatable bonds is 5. The first kappa shape index (κ1) is 17.9. The van der Waals surface area contributed by atoms with Crippen LogP contribution in [0.5, 0.6) is 0 Å². The lowest BCUT2D eigenvalue weighted by atomic mass is 10.0. The molecule has 0 aliphatic carbocycles. The summed E-state index contributed by atoms with van der Waals surface area (Å²) < 4.78 is 2.03. The highest BCUT2D eigenvalue weighted by Crippen LogP contribution is 2.27. The lowest BCUT2D eigenvalue weighted by Crippen LogP contribution is -2.23. The molecule has 140 valence electrons. The fourth-order valence-corrected chi connectivity index (χ4v) is 3.99. The summed E-state index contributed by atoms with van der Waals surface area (Å²) in [5.74, 6) is 0. The van der Waals surface area contributed by atoms with Crippen LogP contribution in [-0.4, -0.2) is 32.8 Å². The van der Waals surface area contributed by atoms with Gasteiger partial charge in [-0.15, -0.1) is 0 Å². The Bertz CT molecular complexity index is 904. The number of pyridine rings is 1. The largest absolute Gasteiger partial charge is 0.297 e. The maximum Gasteiger partial charge on any atom is 0.0702 e. The molecule has 27 heavy (non-hydrogen) atoms. The number of hydrogen-bond acceptors (Lipinski definition) is 3. The predicted octanol–water partition coefficient (Wildman–Crippen LogP) is 4.77. The Balaban J connectivity index is 1.51. The Hall–Kier alpha value is -2.46. The first-order chi connectivity index (χ1) is 13.1. The van der Waals surface area contributed by atoms with Gasteiger partial charge in [0.15, 0.2) is 0 Å². The third-order valence-electron chi connectivity index (χ3n) is 5.61. The van der Waals surface area contributed by atoms with Gasteiger partial charge in [0.1, 0.15) is 0 Å². The van der Waals surface area contributed by atoms with E-state index >= 15 is 0 Å². The van der Waals surface area contributed by atoms with Crippen molar-refractivity contribution in [2.24, 2.45) is 0 Å². The minimum Gasteiger partial charge on any atom is -0.297 e. The average Bonchev–Trinajstić information content (AvgIpc) is 3.32. The lowest BCUT2D eigenvalue weighted by Gasteiger charge is -2.24. The number of benzene rings is 1. The van der Waals surface area contributed by atoms with Gasteiger partial charge in [-0.1, -0.05) is 24.3 Å². The van der Waals surface area contributed by atoms with E-state index in [4.69, 9.17) is 4.98 Å². The van der Waals surface area contributed by atoms with Crippen molar-refractivity contribution in [3.8, 4) is 11.3 Å². The molecule has 0 bridgehead atoms. The lowest BCUT2D eigenvalue weighted by molar-refractivity contribution is 0.263. The highest BCUT2D eigenvalue weighted by Gasteiger charge is 2.19. The van der Waals surface area contributed by atoms with Crippen molar-refractivity contribution in [2.75, 3.05) is 13.1 Å². The minimum atomic E-state index is 0.470. The van der Waals surface area contributed by atoms with Crippen molar-refractivity contribution in [3.63, 3.8) is 0 Å². The van der Waals surface area contributed by atoms with Gasteiger partial charge < -0.3 is 0 Å². The first-order valence-corrected chi connectivity index (χ1v) is 9.90. The Kier molecular flexibility index (Phi) is 5.08. The van der Waals surface area contributed by atoms with Gasteiger partial charge >= 0.3 is 0 Å². The van der Waals surface area contributed by atoms with Gasteiger partial charge in [-0.3, -0.25) is 14.6 Å². The van der Waals surface area contributed by atoms with Gasteiger partial charge in [0.25, 0.3) is 0 Å². The SMILES string of the molecule is Cc1cc(C)n(Cc2ccc(-c3cccc([C@@H](C)N4CCCC4)c3)nc2)n1. The molecule has 0 N–H and O–H groups in total. The molecule has 4 nitrogen and oxygen atoms in total. The van der Waals surface area contributed by atoms with Crippen molar-refractivity contribution in [3.05, 3.63) is 71.2 Å². The second-order valence-corrected chi connectivity index (χ2v) is 7.68. The smallest absolute Gasteiger partial charge is 0.0702 e. The number of likely N-dealkylation sites (tertiary alicyclic amines) is 1. The molecule has 1 fully saturated rings. The summed E-state index contributed by atoms with van der Waals surface area (Å²) in [5.41, 5.74) is 7.01. The molecule has 1 atom stereocenters. The second kappa shape index (κ2) is 7.65. The molecule has 0 amide bonds. The van der Waals surface area contributed by atoms with Crippen LogP contribution in [0.25, 0.3) is 11.3 Å². The minimum absolute atomic E-state index is 0.470. The van der Waals surface area contributed by atoms with E-state index in [1.165, 1.54) is 48.3 Å². The molecule has 1 aliphatic rings. The topological polar surface area (TPSA) is 34.0 Å². The van der Waals surface area contributed by atoms with Crippen LogP contribution in [0.3, 0.4) is 0 Å². The maximum atomic E-state index is 4.72. The number of nitrogens with zero attached hydrogens (tertiary/aromatic N) is 4. The van der Waals surface area contributed by atoms with E-state index in [2.05, 4.69) is 66.3 Å². The zero-order valence-corrected chi connectivity index (χ0v) is 16.5. The fraction of sp³-hybridized carbons (Fsp3) is 0.391. The average molecular weight is 361 g/mol. The molecule has 0 unspecified atom stereocenters. The molecule has 0 spiro atoms. The molecular formula is C23H28N4. The molecule has 2 aromatic heterocycles. The van der Waals surface area contributed by atoms with Crippen LogP contribution in [0.4, 0.5) is 0 Å². The van der Waals surface area contributed by atoms with Gasteiger partial charge in [-0.05, 0) is 76.0 Å². The van der Waals surface area contributed by atoms with E-state index in [-0.39, 0.29) is 0 Å². The summed E-state index contributed by atoms with van der Waals surface area (Å²) in [4.78, 5) is 7.30. The van der Waals surface area contributed by atoms with E-state index in [9.17, 15) is 0 Å². The quantitative estimate of drug-likeness (QED) is 0.657. The normalized spacial score (nSPS) is 16.0. The highest BCUT2D eigenvalue weighted by molar-refractivity contribution is 5.60. The molecule has 0 radical (unpaired) electrons. The summed E-state index contributed by atoms with van der Waals surface area (Å²) in [6.45, 7) is 9.62. The van der Waals surface area contributed by atoms with Crippen LogP contribution >= 0.6 is 0 Å². The molecule has 3 aromatic rings. The predicted molar refractivity (Wildman–Crippen MR) is 110 cm³/mol. The van der Waals surface area contributed by atoms with Crippen molar-refractivity contribution in [2.45, 2.75) is 46.2 Å².